The van der Waals surface area contributed by atoms with Gasteiger partial charge in [-0.05, 0) is 136 Å². The number of rotatable bonds is 9. The summed E-state index contributed by atoms with van der Waals surface area (Å²) >= 11 is 0. The van der Waals surface area contributed by atoms with Crippen LogP contribution >= 0.6 is 0 Å². The minimum atomic E-state index is -0.258. The molecular formula is C70H54B2N8. The van der Waals surface area contributed by atoms with E-state index in [0.29, 0.717) is 0 Å². The fraction of sp³-hybridized carbons (Fsp3) is 0.0571. The Kier molecular flexibility index (Phi) is 11.1. The summed E-state index contributed by atoms with van der Waals surface area (Å²) < 4.78 is 6.91. The Morgan fingerprint density at radius 2 is 0.887 bits per heavy atom. The molecule has 0 spiro atoms. The topological polar surface area (TPSA) is 39.6 Å². The Morgan fingerprint density at radius 1 is 0.375 bits per heavy atom. The molecule has 0 bridgehead atoms. The van der Waals surface area contributed by atoms with E-state index < -0.39 is 0 Å². The molecule has 10 aromatic carbocycles. The van der Waals surface area contributed by atoms with Crippen LogP contribution in [0, 0.1) is 34.0 Å². The third kappa shape index (κ3) is 7.32. The minimum Gasteiger partial charge on any atom is -0.360 e. The van der Waals surface area contributed by atoms with Crippen LogP contribution in [0.25, 0.3) is 49.9 Å². The van der Waals surface area contributed by atoms with Gasteiger partial charge in [-0.3, -0.25) is 9.13 Å². The molecule has 0 N–H and O–H groups in total. The highest BCUT2D eigenvalue weighted by Gasteiger charge is 2.48. The molecule has 380 valence electrons. The summed E-state index contributed by atoms with van der Waals surface area (Å²) in [6, 6.07) is 90.1. The van der Waals surface area contributed by atoms with Gasteiger partial charge in [-0.25, -0.2) is 4.98 Å². The average Bonchev–Trinajstić information content (AvgIpc) is 4.40. The maximum atomic E-state index is 5.22. The summed E-state index contributed by atoms with van der Waals surface area (Å²) in [4.78, 5) is 15.2. The number of fused-ring (bicyclic) bond motifs is 6. The number of anilines is 8. The second-order valence-corrected chi connectivity index (χ2v) is 21.2. The number of para-hydroxylation sites is 7. The predicted octanol–water partition coefficient (Wildman–Crippen LogP) is 14.8. The molecule has 5 heterocycles. The number of hydrogen-bond acceptors (Lipinski definition) is 5. The molecule has 8 nitrogen and oxygen atoms in total. The zero-order valence-corrected chi connectivity index (χ0v) is 45.0. The highest BCUT2D eigenvalue weighted by molar-refractivity contribution is 6.86. The monoisotopic (exact) mass is 1030 g/mol. The van der Waals surface area contributed by atoms with Crippen molar-refractivity contribution in [2.24, 2.45) is 0 Å². The Balaban J connectivity index is 0.955. The summed E-state index contributed by atoms with van der Waals surface area (Å²) in [5, 5.41) is 2.40. The Morgan fingerprint density at radius 3 is 1.56 bits per heavy atom. The van der Waals surface area contributed by atoms with Crippen molar-refractivity contribution < 1.29 is 4.57 Å². The van der Waals surface area contributed by atoms with Crippen LogP contribution in [0.1, 0.15) is 22.3 Å². The van der Waals surface area contributed by atoms with Crippen LogP contribution in [0.15, 0.2) is 255 Å². The molecule has 10 heteroatoms. The molecule has 3 aromatic heterocycles. The molecule has 0 saturated carbocycles. The van der Waals surface area contributed by atoms with Gasteiger partial charge in [0.25, 0.3) is 6.33 Å². The summed E-state index contributed by atoms with van der Waals surface area (Å²) in [5.41, 5.74) is 22.5. The molecule has 0 fully saturated rings. The minimum absolute atomic E-state index is 0.226. The molecule has 80 heavy (non-hydrogen) atoms. The number of aryl methyl sites for hydroxylation is 4. The standard InChI is InChI=1S/C70H54B2N8/c1-48-23-18-24-49(2)67(48)71-77(53-29-10-6-11-30-53)63-43-42-55(74-47-75(62-39-17-16-38-61(62)74)64-40-21-36-59-58-35-14-15-37-60(58)76(69(59)64)52-27-8-5-9-28-52)46-66(63)79(71)56-33-20-34-57(45-56)80-70-65(41-22-44-73-70)78(54-31-12-7-13-32-54)72(80)68-50(3)25-19-26-51(68)4/h5-46H,1-4H3. The fourth-order valence-electron chi connectivity index (χ4n) is 13.1. The number of benzene rings is 10. The Hall–Kier alpha value is -10.1. The molecule has 0 saturated heterocycles. The molecule has 2 aliphatic heterocycles. The Bertz CT molecular complexity index is 4500. The first-order valence-electron chi connectivity index (χ1n) is 27.5. The van der Waals surface area contributed by atoms with Crippen molar-refractivity contribution in [1.82, 2.24) is 14.1 Å². The van der Waals surface area contributed by atoms with E-state index in [1.807, 2.05) is 6.20 Å². The first-order chi connectivity index (χ1) is 39.4. The van der Waals surface area contributed by atoms with E-state index in [1.54, 1.807) is 0 Å². The van der Waals surface area contributed by atoms with Gasteiger partial charge >= 0.3 is 14.0 Å². The molecule has 2 aliphatic rings. The predicted molar refractivity (Wildman–Crippen MR) is 333 cm³/mol. The highest BCUT2D eigenvalue weighted by atomic mass is 15.3. The van der Waals surface area contributed by atoms with E-state index in [0.717, 1.165) is 84.8 Å². The first-order valence-corrected chi connectivity index (χ1v) is 27.5. The number of hydrogen-bond donors (Lipinski definition) is 0. The molecule has 0 aliphatic carbocycles. The van der Waals surface area contributed by atoms with Gasteiger partial charge in [-0.15, -0.1) is 0 Å². The van der Waals surface area contributed by atoms with Crippen molar-refractivity contribution in [2.45, 2.75) is 27.7 Å². The summed E-state index contributed by atoms with van der Waals surface area (Å²) in [6.07, 6.45) is 5.88. The van der Waals surface area contributed by atoms with Gasteiger partial charge in [0.2, 0.25) is 0 Å². The molecule has 0 unspecified atom stereocenters. The lowest BCUT2D eigenvalue weighted by Crippen LogP contribution is -2.55. The van der Waals surface area contributed by atoms with Crippen molar-refractivity contribution in [3.8, 4) is 17.1 Å². The zero-order valence-electron chi connectivity index (χ0n) is 45.0. The van der Waals surface area contributed by atoms with Crippen LogP contribution < -0.4 is 34.7 Å². The smallest absolute Gasteiger partial charge is 0.360 e. The fourth-order valence-corrected chi connectivity index (χ4v) is 13.1. The first kappa shape index (κ1) is 47.2. The number of aromatic nitrogens is 4. The number of imidazole rings is 1. The largest absolute Gasteiger partial charge is 0.422 e. The van der Waals surface area contributed by atoms with E-state index >= 15 is 0 Å². The lowest BCUT2D eigenvalue weighted by Gasteiger charge is -2.34. The van der Waals surface area contributed by atoms with Gasteiger partial charge in [0.15, 0.2) is 0 Å². The van der Waals surface area contributed by atoms with Crippen LogP contribution in [0.4, 0.5) is 45.6 Å². The molecule has 13 aromatic rings. The molecule has 0 amide bonds. The maximum Gasteiger partial charge on any atom is 0.422 e. The lowest BCUT2D eigenvalue weighted by molar-refractivity contribution is -0.571. The highest BCUT2D eigenvalue weighted by Crippen LogP contribution is 2.50. The van der Waals surface area contributed by atoms with Gasteiger partial charge in [0.1, 0.15) is 5.82 Å². The van der Waals surface area contributed by atoms with Gasteiger partial charge in [0, 0.05) is 45.4 Å². The summed E-state index contributed by atoms with van der Waals surface area (Å²) in [5.74, 6) is 0.908. The summed E-state index contributed by atoms with van der Waals surface area (Å²) in [6.45, 7) is 8.50. The molecule has 0 atom stereocenters. The van der Waals surface area contributed by atoms with Crippen molar-refractivity contribution >= 4 is 103 Å². The van der Waals surface area contributed by atoms with Crippen LogP contribution in [0.2, 0.25) is 0 Å². The molecule has 0 radical (unpaired) electrons. The SMILES string of the molecule is Cc1cccc(C)c1B1N(c2ccccc2)c2ccc(-n3[c-][n+](-c4cccc5c6ccccc6n(-c6ccccc6)c45)c4ccccc43)cc2N1c1cccc(N2B(c3c(C)cccc3C)N(c3ccccc3)c3cccnc32)c1. The molecular weight excluding hydrogens is 974 g/mol. The van der Waals surface area contributed by atoms with Gasteiger partial charge in [-0.1, -0.05) is 174 Å². The number of nitrogens with zero attached hydrogens (tertiary/aromatic N) is 8. The van der Waals surface area contributed by atoms with Crippen LogP contribution in [-0.4, -0.2) is 28.1 Å². The van der Waals surface area contributed by atoms with E-state index in [-0.39, 0.29) is 14.0 Å². The van der Waals surface area contributed by atoms with Crippen molar-refractivity contribution in [3.05, 3.63) is 283 Å². The van der Waals surface area contributed by atoms with Crippen LogP contribution in [0.5, 0.6) is 0 Å². The van der Waals surface area contributed by atoms with Crippen molar-refractivity contribution in [3.63, 3.8) is 0 Å². The van der Waals surface area contributed by atoms with Gasteiger partial charge in [-0.2, -0.15) is 0 Å². The van der Waals surface area contributed by atoms with Gasteiger partial charge < -0.3 is 23.8 Å². The second kappa shape index (κ2) is 18.9. The van der Waals surface area contributed by atoms with Crippen molar-refractivity contribution in [2.75, 3.05) is 19.2 Å². The maximum absolute atomic E-state index is 5.22. The third-order valence-corrected chi connectivity index (χ3v) is 16.5. The lowest BCUT2D eigenvalue weighted by atomic mass is 9.60. The average molecular weight is 1030 g/mol. The van der Waals surface area contributed by atoms with Crippen LogP contribution in [0.3, 0.4) is 0 Å². The second-order valence-electron chi connectivity index (χ2n) is 21.2. The van der Waals surface area contributed by atoms with Crippen LogP contribution in [-0.2, 0) is 0 Å². The third-order valence-electron chi connectivity index (χ3n) is 16.5. The number of pyridine rings is 1. The zero-order chi connectivity index (χ0) is 53.6. The normalized spacial score (nSPS) is 13.1. The van der Waals surface area contributed by atoms with E-state index in [4.69, 9.17) is 4.98 Å². The van der Waals surface area contributed by atoms with Crippen molar-refractivity contribution in [1.29, 1.82) is 0 Å². The van der Waals surface area contributed by atoms with E-state index in [2.05, 4.69) is 316 Å². The summed E-state index contributed by atoms with van der Waals surface area (Å²) in [7, 11) is 0. The Labute approximate surface area is 467 Å². The van der Waals surface area contributed by atoms with E-state index in [9.17, 15) is 0 Å². The van der Waals surface area contributed by atoms with E-state index in [1.165, 1.54) is 44.0 Å². The quantitative estimate of drug-likeness (QED) is 0.0818. The molecule has 15 rings (SSSR count). The van der Waals surface area contributed by atoms with Gasteiger partial charge in [0.05, 0.1) is 50.5 Å².